The number of amides is 1. The van der Waals surface area contributed by atoms with E-state index in [2.05, 4.69) is 10.0 Å². The van der Waals surface area contributed by atoms with Crippen LogP contribution >= 0.6 is 0 Å². The van der Waals surface area contributed by atoms with Crippen LogP contribution in [-0.4, -0.2) is 19.9 Å². The Morgan fingerprint density at radius 2 is 1.65 bits per heavy atom. The van der Waals surface area contributed by atoms with E-state index in [1.54, 1.807) is 6.92 Å². The van der Waals surface area contributed by atoms with E-state index >= 15 is 0 Å². The van der Waals surface area contributed by atoms with E-state index in [9.17, 15) is 26.4 Å². The number of halogens is 3. The molecule has 2 N–H and O–H groups in total. The van der Waals surface area contributed by atoms with Crippen LogP contribution in [0.3, 0.4) is 0 Å². The minimum absolute atomic E-state index is 0.0924. The topological polar surface area (TPSA) is 75.3 Å². The molecule has 1 aliphatic carbocycles. The summed E-state index contributed by atoms with van der Waals surface area (Å²) in [6, 6.07) is 5.47. The van der Waals surface area contributed by atoms with Gasteiger partial charge < -0.3 is 5.32 Å². The summed E-state index contributed by atoms with van der Waals surface area (Å²) in [5.41, 5.74) is -1.15. The maximum Gasteiger partial charge on any atom is 0.258 e. The number of anilines is 1. The van der Waals surface area contributed by atoms with Crippen molar-refractivity contribution in [2.75, 3.05) is 5.32 Å². The summed E-state index contributed by atoms with van der Waals surface area (Å²) < 4.78 is 67.3. The van der Waals surface area contributed by atoms with E-state index in [0.717, 1.165) is 36.4 Å². The highest BCUT2D eigenvalue weighted by Crippen LogP contribution is 2.36. The van der Waals surface area contributed by atoms with Crippen LogP contribution in [0.2, 0.25) is 0 Å². The van der Waals surface area contributed by atoms with Crippen molar-refractivity contribution in [1.29, 1.82) is 0 Å². The summed E-state index contributed by atoms with van der Waals surface area (Å²) >= 11 is 0. The smallest absolute Gasteiger partial charge is 0.258 e. The molecule has 0 aromatic heterocycles. The molecular formula is C17H15F3N2O3S. The van der Waals surface area contributed by atoms with Crippen molar-refractivity contribution in [3.8, 4) is 0 Å². The monoisotopic (exact) mass is 384 g/mol. The van der Waals surface area contributed by atoms with Gasteiger partial charge in [0.05, 0.1) is 10.5 Å². The number of rotatable bonds is 5. The van der Waals surface area contributed by atoms with Crippen LogP contribution in [0.25, 0.3) is 0 Å². The molecular weight excluding hydrogens is 369 g/mol. The summed E-state index contributed by atoms with van der Waals surface area (Å²) in [7, 11) is -3.92. The van der Waals surface area contributed by atoms with Crippen LogP contribution in [0.15, 0.2) is 41.3 Å². The van der Waals surface area contributed by atoms with Gasteiger partial charge in [0.25, 0.3) is 5.91 Å². The summed E-state index contributed by atoms with van der Waals surface area (Å²) in [6.45, 7) is 1.74. The highest BCUT2D eigenvalue weighted by Gasteiger charge is 2.41. The van der Waals surface area contributed by atoms with E-state index in [1.807, 2.05) is 0 Å². The maximum absolute atomic E-state index is 14.0. The number of benzene rings is 2. The molecule has 0 aliphatic heterocycles. The Kier molecular flexibility index (Phi) is 4.53. The van der Waals surface area contributed by atoms with Crippen LogP contribution < -0.4 is 10.0 Å². The summed E-state index contributed by atoms with van der Waals surface area (Å²) in [5, 5.41) is 2.21. The van der Waals surface area contributed by atoms with Crippen LogP contribution in [0, 0.1) is 17.5 Å². The minimum atomic E-state index is -3.92. The number of hydrogen-bond donors (Lipinski definition) is 2. The van der Waals surface area contributed by atoms with E-state index in [0.29, 0.717) is 12.8 Å². The van der Waals surface area contributed by atoms with Crippen LogP contribution in [0.5, 0.6) is 0 Å². The predicted octanol–water partition coefficient (Wildman–Crippen LogP) is 3.19. The molecule has 1 saturated carbocycles. The second-order valence-electron chi connectivity index (χ2n) is 6.39. The molecule has 2 aromatic carbocycles. The molecule has 5 nitrogen and oxygen atoms in total. The molecule has 0 unspecified atom stereocenters. The van der Waals surface area contributed by atoms with Gasteiger partial charge >= 0.3 is 0 Å². The summed E-state index contributed by atoms with van der Waals surface area (Å²) in [6.07, 6.45) is 1.38. The number of carbonyl (C=O) groups excluding carboxylic acids is 1. The molecule has 3 rings (SSSR count). The van der Waals surface area contributed by atoms with Gasteiger partial charge in [-0.3, -0.25) is 4.79 Å². The Hall–Kier alpha value is -2.39. The molecule has 1 aliphatic rings. The van der Waals surface area contributed by atoms with Gasteiger partial charge in [-0.1, -0.05) is 0 Å². The summed E-state index contributed by atoms with van der Waals surface area (Å²) in [5.74, 6) is -4.20. The van der Waals surface area contributed by atoms with E-state index < -0.39 is 44.5 Å². The van der Waals surface area contributed by atoms with Gasteiger partial charge in [-0.25, -0.2) is 26.3 Å². The molecule has 138 valence electrons. The van der Waals surface area contributed by atoms with Crippen LogP contribution in [-0.2, 0) is 10.0 Å². The first-order valence-electron chi connectivity index (χ1n) is 7.70. The third-order valence-electron chi connectivity index (χ3n) is 4.05. The first kappa shape index (κ1) is 18.4. The fourth-order valence-electron chi connectivity index (χ4n) is 2.29. The van der Waals surface area contributed by atoms with Crippen molar-refractivity contribution >= 4 is 21.6 Å². The first-order chi connectivity index (χ1) is 12.1. The molecule has 0 radical (unpaired) electrons. The van der Waals surface area contributed by atoms with Crippen molar-refractivity contribution in [1.82, 2.24) is 4.72 Å². The van der Waals surface area contributed by atoms with Gasteiger partial charge in [0.15, 0.2) is 11.6 Å². The summed E-state index contributed by atoms with van der Waals surface area (Å²) in [4.78, 5) is 12.0. The highest BCUT2D eigenvalue weighted by molar-refractivity contribution is 7.89. The van der Waals surface area contributed by atoms with Gasteiger partial charge in [-0.2, -0.15) is 0 Å². The van der Waals surface area contributed by atoms with Gasteiger partial charge in [-0.05, 0) is 50.1 Å². The maximum atomic E-state index is 14.0. The Balaban J connectivity index is 1.87. The second kappa shape index (κ2) is 6.40. The fourth-order valence-corrected chi connectivity index (χ4v) is 3.78. The molecule has 1 fully saturated rings. The molecule has 2 aromatic rings. The van der Waals surface area contributed by atoms with Crippen LogP contribution in [0.1, 0.15) is 30.1 Å². The zero-order valence-corrected chi connectivity index (χ0v) is 14.5. The number of hydrogen-bond acceptors (Lipinski definition) is 3. The Morgan fingerprint density at radius 1 is 1.00 bits per heavy atom. The Morgan fingerprint density at radius 3 is 2.27 bits per heavy atom. The van der Waals surface area contributed by atoms with Gasteiger partial charge in [0.2, 0.25) is 10.0 Å². The zero-order chi connectivity index (χ0) is 19.1. The van der Waals surface area contributed by atoms with E-state index in [1.165, 1.54) is 0 Å². The molecule has 0 heterocycles. The van der Waals surface area contributed by atoms with Crippen molar-refractivity contribution in [2.24, 2.45) is 0 Å². The lowest BCUT2D eigenvalue weighted by molar-refractivity contribution is 0.102. The molecule has 0 saturated heterocycles. The molecule has 0 bridgehead atoms. The van der Waals surface area contributed by atoms with Crippen LogP contribution in [0.4, 0.5) is 18.9 Å². The van der Waals surface area contributed by atoms with Crippen molar-refractivity contribution in [3.63, 3.8) is 0 Å². The number of carbonyl (C=O) groups is 1. The molecule has 0 spiro atoms. The molecule has 26 heavy (non-hydrogen) atoms. The standard InChI is InChI=1S/C17H15F3N2O3S/c1-17(6-7-17)22-26(24,25)11-3-5-13(18)12(9-11)16(23)21-10-2-4-14(19)15(20)8-10/h2-5,8-9,22H,6-7H2,1H3,(H,21,23). The van der Waals surface area contributed by atoms with Gasteiger partial charge in [-0.15, -0.1) is 0 Å². The molecule has 9 heteroatoms. The minimum Gasteiger partial charge on any atom is -0.322 e. The van der Waals surface area contributed by atoms with Crippen molar-refractivity contribution in [2.45, 2.75) is 30.2 Å². The molecule has 1 amide bonds. The zero-order valence-electron chi connectivity index (χ0n) is 13.6. The number of sulfonamides is 1. The van der Waals surface area contributed by atoms with Gasteiger partial charge in [0, 0.05) is 17.3 Å². The van der Waals surface area contributed by atoms with Gasteiger partial charge in [0.1, 0.15) is 5.82 Å². The average Bonchev–Trinajstić information content (AvgIpc) is 3.27. The number of nitrogens with one attached hydrogen (secondary N) is 2. The second-order valence-corrected chi connectivity index (χ2v) is 8.07. The first-order valence-corrected chi connectivity index (χ1v) is 9.18. The molecule has 0 atom stereocenters. The quantitative estimate of drug-likeness (QED) is 0.831. The van der Waals surface area contributed by atoms with Crippen molar-refractivity contribution < 1.29 is 26.4 Å². The third-order valence-corrected chi connectivity index (χ3v) is 5.69. The average molecular weight is 384 g/mol. The largest absolute Gasteiger partial charge is 0.322 e. The predicted molar refractivity (Wildman–Crippen MR) is 88.7 cm³/mol. The lowest BCUT2D eigenvalue weighted by atomic mass is 10.2. The highest BCUT2D eigenvalue weighted by atomic mass is 32.2. The Bertz CT molecular complexity index is 989. The normalized spacial score (nSPS) is 15.5. The third kappa shape index (κ3) is 3.88. The fraction of sp³-hybridized carbons (Fsp3) is 0.235. The van der Waals surface area contributed by atoms with E-state index in [-0.39, 0.29) is 10.6 Å². The van der Waals surface area contributed by atoms with E-state index in [4.69, 9.17) is 0 Å². The SMILES string of the molecule is CC1(NS(=O)(=O)c2ccc(F)c(C(=O)Nc3ccc(F)c(F)c3)c2)CC1. The lowest BCUT2D eigenvalue weighted by Crippen LogP contribution is -2.34. The van der Waals surface area contributed by atoms with Crippen molar-refractivity contribution in [3.05, 3.63) is 59.4 Å². The Labute approximate surface area is 148 Å². The lowest BCUT2D eigenvalue weighted by Gasteiger charge is -2.13.